The number of unbranched alkanes of at least 4 members (excludes halogenated alkanes) is 8. The second-order valence-electron chi connectivity index (χ2n) is 7.47. The van der Waals surface area contributed by atoms with Gasteiger partial charge in [-0.3, -0.25) is 4.55 Å². The minimum atomic E-state index is -4.33. The normalized spacial score (nSPS) is 11.5. The molecule has 0 bridgehead atoms. The van der Waals surface area contributed by atoms with E-state index in [2.05, 4.69) is 6.92 Å². The van der Waals surface area contributed by atoms with Gasteiger partial charge in [-0.05, 0) is 42.7 Å². The predicted octanol–water partition coefficient (Wildman–Crippen LogP) is 6.50. The number of benzene rings is 2. The highest BCUT2D eigenvalue weighted by Crippen LogP contribution is 2.28. The third-order valence-corrected chi connectivity index (χ3v) is 5.69. The minimum absolute atomic E-state index is 0.0587. The SMILES string of the molecule is CCCCCCCCCCCc1cc(Oc2cccc(O)c2)cc(S(=O)(=O)O)c1. The van der Waals surface area contributed by atoms with Crippen LogP contribution in [0.1, 0.15) is 70.3 Å². The summed E-state index contributed by atoms with van der Waals surface area (Å²) in [5.74, 6) is 0.770. The molecule has 0 spiro atoms. The summed E-state index contributed by atoms with van der Waals surface area (Å²) < 4.78 is 38.4. The summed E-state index contributed by atoms with van der Waals surface area (Å²) in [4.78, 5) is -0.180. The molecule has 29 heavy (non-hydrogen) atoms. The maximum absolute atomic E-state index is 11.6. The van der Waals surface area contributed by atoms with Crippen LogP contribution < -0.4 is 4.74 Å². The van der Waals surface area contributed by atoms with E-state index in [0.29, 0.717) is 11.5 Å². The Kier molecular flexibility index (Phi) is 9.48. The first kappa shape index (κ1) is 23.2. The number of aryl methyl sites for hydroxylation is 1. The van der Waals surface area contributed by atoms with Crippen LogP contribution in [0.3, 0.4) is 0 Å². The van der Waals surface area contributed by atoms with Gasteiger partial charge < -0.3 is 9.84 Å². The van der Waals surface area contributed by atoms with Crippen molar-refractivity contribution < 1.29 is 22.8 Å². The van der Waals surface area contributed by atoms with E-state index in [1.165, 1.54) is 69.2 Å². The fourth-order valence-electron chi connectivity index (χ4n) is 3.31. The minimum Gasteiger partial charge on any atom is -0.508 e. The molecule has 2 N–H and O–H groups in total. The van der Waals surface area contributed by atoms with E-state index in [9.17, 15) is 18.1 Å². The van der Waals surface area contributed by atoms with Crippen molar-refractivity contribution in [1.82, 2.24) is 0 Å². The van der Waals surface area contributed by atoms with Crippen LogP contribution in [0.15, 0.2) is 47.4 Å². The fraction of sp³-hybridized carbons (Fsp3) is 0.478. The van der Waals surface area contributed by atoms with Gasteiger partial charge in [-0.15, -0.1) is 0 Å². The van der Waals surface area contributed by atoms with Gasteiger partial charge in [0.15, 0.2) is 0 Å². The first-order chi connectivity index (χ1) is 13.9. The van der Waals surface area contributed by atoms with Crippen LogP contribution in [0.2, 0.25) is 0 Å². The largest absolute Gasteiger partial charge is 0.508 e. The van der Waals surface area contributed by atoms with Gasteiger partial charge in [0.05, 0.1) is 4.90 Å². The molecule has 0 saturated carbocycles. The quantitative estimate of drug-likeness (QED) is 0.285. The van der Waals surface area contributed by atoms with Crippen LogP contribution in [0.4, 0.5) is 0 Å². The van der Waals surface area contributed by atoms with Crippen LogP contribution >= 0.6 is 0 Å². The number of phenolic OH excluding ortho intramolecular Hbond substituents is 1. The van der Waals surface area contributed by atoms with E-state index in [4.69, 9.17) is 4.74 Å². The van der Waals surface area contributed by atoms with Crippen molar-refractivity contribution in [2.45, 2.75) is 76.0 Å². The van der Waals surface area contributed by atoms with Gasteiger partial charge in [0.1, 0.15) is 17.2 Å². The molecule has 2 aromatic carbocycles. The van der Waals surface area contributed by atoms with Gasteiger partial charge in [0, 0.05) is 12.1 Å². The zero-order chi connectivity index (χ0) is 21.1. The van der Waals surface area contributed by atoms with Gasteiger partial charge >= 0.3 is 0 Å². The molecule has 2 aromatic rings. The summed E-state index contributed by atoms with van der Waals surface area (Å²) in [6.07, 6.45) is 11.7. The molecule has 0 aromatic heterocycles. The van der Waals surface area contributed by atoms with Gasteiger partial charge in [-0.1, -0.05) is 64.4 Å². The third-order valence-electron chi connectivity index (χ3n) is 4.86. The average molecular weight is 421 g/mol. The number of aromatic hydroxyl groups is 1. The smallest absolute Gasteiger partial charge is 0.294 e. The molecule has 0 aliphatic rings. The van der Waals surface area contributed by atoms with E-state index < -0.39 is 10.1 Å². The van der Waals surface area contributed by atoms with Crippen molar-refractivity contribution in [2.24, 2.45) is 0 Å². The first-order valence-corrected chi connectivity index (χ1v) is 11.9. The molecule has 5 nitrogen and oxygen atoms in total. The van der Waals surface area contributed by atoms with Gasteiger partial charge in [-0.25, -0.2) is 0 Å². The molecule has 0 saturated heterocycles. The molecule has 0 atom stereocenters. The van der Waals surface area contributed by atoms with Gasteiger partial charge in [-0.2, -0.15) is 8.42 Å². The standard InChI is InChI=1S/C23H32O5S/c1-2-3-4-5-6-7-8-9-10-12-19-15-22(18-23(16-19)29(25,26)27)28-21-14-11-13-20(24)17-21/h11,13-18,24H,2-10,12H2,1H3,(H,25,26,27). The highest BCUT2D eigenvalue weighted by atomic mass is 32.2. The first-order valence-electron chi connectivity index (χ1n) is 10.5. The molecule has 2 rings (SSSR count). The maximum Gasteiger partial charge on any atom is 0.294 e. The molecule has 0 aliphatic heterocycles. The number of phenols is 1. The molecule has 0 aliphatic carbocycles. The van der Waals surface area contributed by atoms with Crippen molar-refractivity contribution in [3.8, 4) is 17.2 Å². The summed E-state index contributed by atoms with van der Waals surface area (Å²) >= 11 is 0. The molecule has 6 heteroatoms. The summed E-state index contributed by atoms with van der Waals surface area (Å²) in [5, 5.41) is 9.56. The zero-order valence-electron chi connectivity index (χ0n) is 17.1. The lowest BCUT2D eigenvalue weighted by Crippen LogP contribution is -2.00. The molecular formula is C23H32O5S. The highest BCUT2D eigenvalue weighted by Gasteiger charge is 2.13. The van der Waals surface area contributed by atoms with Gasteiger partial charge in [0.25, 0.3) is 10.1 Å². The highest BCUT2D eigenvalue weighted by molar-refractivity contribution is 7.85. The lowest BCUT2D eigenvalue weighted by Gasteiger charge is -2.10. The second kappa shape index (κ2) is 11.8. The molecule has 0 fully saturated rings. The van der Waals surface area contributed by atoms with E-state index in [0.717, 1.165) is 24.8 Å². The number of rotatable bonds is 13. The Labute approximate surface area is 174 Å². The Morgan fingerprint density at radius 3 is 2.10 bits per heavy atom. The number of hydrogen-bond donors (Lipinski definition) is 2. The molecular weight excluding hydrogens is 388 g/mol. The Morgan fingerprint density at radius 2 is 1.48 bits per heavy atom. The number of ether oxygens (including phenoxy) is 1. The number of hydrogen-bond acceptors (Lipinski definition) is 4. The Morgan fingerprint density at radius 1 is 0.828 bits per heavy atom. The maximum atomic E-state index is 11.6. The van der Waals surface area contributed by atoms with Crippen molar-refractivity contribution >= 4 is 10.1 Å². The van der Waals surface area contributed by atoms with E-state index in [1.807, 2.05) is 0 Å². The van der Waals surface area contributed by atoms with Gasteiger partial charge in [0.2, 0.25) is 0 Å². The lowest BCUT2D eigenvalue weighted by molar-refractivity contribution is 0.452. The average Bonchev–Trinajstić information content (AvgIpc) is 2.66. The zero-order valence-corrected chi connectivity index (χ0v) is 18.0. The van der Waals surface area contributed by atoms with Crippen LogP contribution in [0.25, 0.3) is 0 Å². The Hall–Kier alpha value is -2.05. The molecule has 0 heterocycles. The van der Waals surface area contributed by atoms with E-state index in [-0.39, 0.29) is 10.6 Å². The predicted molar refractivity (Wildman–Crippen MR) is 115 cm³/mol. The van der Waals surface area contributed by atoms with Crippen LogP contribution in [-0.2, 0) is 16.5 Å². The van der Waals surface area contributed by atoms with Crippen molar-refractivity contribution in [3.05, 3.63) is 48.0 Å². The van der Waals surface area contributed by atoms with Crippen LogP contribution in [0.5, 0.6) is 17.2 Å². The molecule has 0 amide bonds. The monoisotopic (exact) mass is 420 g/mol. The van der Waals surface area contributed by atoms with Crippen LogP contribution in [0, 0.1) is 0 Å². The fourth-order valence-corrected chi connectivity index (χ4v) is 3.87. The molecule has 160 valence electrons. The van der Waals surface area contributed by atoms with Crippen molar-refractivity contribution in [3.63, 3.8) is 0 Å². The van der Waals surface area contributed by atoms with Crippen molar-refractivity contribution in [2.75, 3.05) is 0 Å². The molecule has 0 radical (unpaired) electrons. The second-order valence-corrected chi connectivity index (χ2v) is 8.89. The molecule has 0 unspecified atom stereocenters. The Balaban J connectivity index is 1.93. The summed E-state index contributed by atoms with van der Waals surface area (Å²) in [6.45, 7) is 2.22. The summed E-state index contributed by atoms with van der Waals surface area (Å²) in [5.41, 5.74) is 0.804. The summed E-state index contributed by atoms with van der Waals surface area (Å²) in [7, 11) is -4.33. The topological polar surface area (TPSA) is 83.8 Å². The Bertz CT molecular complexity index is 861. The third kappa shape index (κ3) is 8.88. The van der Waals surface area contributed by atoms with Crippen molar-refractivity contribution in [1.29, 1.82) is 0 Å². The van der Waals surface area contributed by atoms with E-state index >= 15 is 0 Å². The van der Waals surface area contributed by atoms with Crippen LogP contribution in [-0.4, -0.2) is 18.1 Å². The summed E-state index contributed by atoms with van der Waals surface area (Å²) in [6, 6.07) is 10.8. The lowest BCUT2D eigenvalue weighted by atomic mass is 10.0. The van der Waals surface area contributed by atoms with E-state index in [1.54, 1.807) is 18.2 Å².